The van der Waals surface area contributed by atoms with Crippen LogP contribution >= 0.6 is 11.8 Å². The molecule has 0 saturated carbocycles. The number of nitrogens with one attached hydrogen (secondary N) is 1. The van der Waals surface area contributed by atoms with Gasteiger partial charge in [0, 0.05) is 12.0 Å². The van der Waals surface area contributed by atoms with Crippen LogP contribution < -0.4 is 5.32 Å². The molecule has 11 atom stereocenters. The van der Waals surface area contributed by atoms with Crippen molar-refractivity contribution in [2.45, 2.75) is 107 Å². The fraction of sp³-hybridized carbons (Fsp3) is 0.955. The highest BCUT2D eigenvalue weighted by Crippen LogP contribution is 2.33. The number of aliphatic hydroxyl groups is 7. The number of rotatable bonds is 12. The standard InChI is InChI=1S/C22H41NO11S/c1-9(2)14(26)11(23-10(3)4)5-6-35-22-19(31)17(29)20(13(8-25)33-22)34-21-18(30)16(28)15(27)12(7-24)32-21/h9-13,15-25,27-31H,5-8H2,1-4H3/t11-,12?,13?,15?,16?,17?,18?,19?,20?,21?,22?/m1/s1. The van der Waals surface area contributed by atoms with E-state index in [9.17, 15) is 40.5 Å². The highest BCUT2D eigenvalue weighted by molar-refractivity contribution is 7.99. The lowest BCUT2D eigenvalue weighted by Crippen LogP contribution is -2.64. The summed E-state index contributed by atoms with van der Waals surface area (Å²) < 4.78 is 16.6. The van der Waals surface area contributed by atoms with E-state index in [4.69, 9.17) is 14.2 Å². The second-order valence-electron chi connectivity index (χ2n) is 9.60. The smallest absolute Gasteiger partial charge is 0.187 e. The number of thioether (sulfide) groups is 1. The summed E-state index contributed by atoms with van der Waals surface area (Å²) in [5, 5.41) is 73.8. The van der Waals surface area contributed by atoms with Crippen molar-refractivity contribution in [3.63, 3.8) is 0 Å². The Bertz CT molecular complexity index is 653. The van der Waals surface area contributed by atoms with Gasteiger partial charge in [-0.25, -0.2) is 0 Å². The second-order valence-corrected chi connectivity index (χ2v) is 10.8. The van der Waals surface area contributed by atoms with Crippen LogP contribution in [0.25, 0.3) is 0 Å². The number of ketones is 1. The van der Waals surface area contributed by atoms with Crippen LogP contribution in [0.1, 0.15) is 34.1 Å². The van der Waals surface area contributed by atoms with Crippen LogP contribution in [0.2, 0.25) is 0 Å². The minimum Gasteiger partial charge on any atom is -0.394 e. The molecule has 2 aliphatic heterocycles. The van der Waals surface area contributed by atoms with Gasteiger partial charge in [-0.1, -0.05) is 27.7 Å². The Morgan fingerprint density at radius 1 is 0.886 bits per heavy atom. The molecule has 13 heteroatoms. The molecule has 0 bridgehead atoms. The topological polar surface area (TPSA) is 198 Å². The van der Waals surface area contributed by atoms with Crippen LogP contribution in [0.5, 0.6) is 0 Å². The van der Waals surface area contributed by atoms with E-state index in [2.05, 4.69) is 5.32 Å². The fourth-order valence-corrected chi connectivity index (χ4v) is 5.29. The first-order valence-electron chi connectivity index (χ1n) is 11.9. The van der Waals surface area contributed by atoms with E-state index >= 15 is 0 Å². The summed E-state index contributed by atoms with van der Waals surface area (Å²) in [6, 6.07) is -0.269. The highest BCUT2D eigenvalue weighted by Gasteiger charge is 2.50. The first-order valence-corrected chi connectivity index (χ1v) is 13.0. The summed E-state index contributed by atoms with van der Waals surface area (Å²) in [4.78, 5) is 12.5. The van der Waals surface area contributed by atoms with E-state index in [0.717, 1.165) is 0 Å². The number of hydrogen-bond acceptors (Lipinski definition) is 13. The largest absolute Gasteiger partial charge is 0.394 e. The molecule has 35 heavy (non-hydrogen) atoms. The zero-order chi connectivity index (χ0) is 26.4. The summed E-state index contributed by atoms with van der Waals surface area (Å²) in [7, 11) is 0. The van der Waals surface area contributed by atoms with Gasteiger partial charge < -0.3 is 55.3 Å². The molecule has 10 unspecified atom stereocenters. The van der Waals surface area contributed by atoms with Gasteiger partial charge in [0.1, 0.15) is 54.3 Å². The van der Waals surface area contributed by atoms with Crippen molar-refractivity contribution in [3.8, 4) is 0 Å². The summed E-state index contributed by atoms with van der Waals surface area (Å²) in [6.07, 6.45) is -12.7. The van der Waals surface area contributed by atoms with Gasteiger partial charge in [-0.2, -0.15) is 0 Å². The maximum absolute atomic E-state index is 12.5. The number of carbonyl (C=O) groups excluding carboxylic acids is 1. The molecule has 2 heterocycles. The van der Waals surface area contributed by atoms with Crippen LogP contribution in [0.3, 0.4) is 0 Å². The van der Waals surface area contributed by atoms with Crippen LogP contribution in [0.15, 0.2) is 0 Å². The Kier molecular flexibility index (Phi) is 12.3. The van der Waals surface area contributed by atoms with E-state index in [-0.39, 0.29) is 23.8 Å². The fourth-order valence-electron chi connectivity index (χ4n) is 4.11. The molecule has 0 aromatic heterocycles. The third kappa shape index (κ3) is 7.79. The minimum atomic E-state index is -1.72. The van der Waals surface area contributed by atoms with Crippen molar-refractivity contribution < 1.29 is 54.8 Å². The molecular formula is C22H41NO11S. The third-order valence-corrected chi connectivity index (χ3v) is 7.29. The van der Waals surface area contributed by atoms with Crippen molar-refractivity contribution >= 4 is 17.5 Å². The Morgan fingerprint density at radius 3 is 2.06 bits per heavy atom. The second kappa shape index (κ2) is 13.9. The molecule has 206 valence electrons. The van der Waals surface area contributed by atoms with Gasteiger partial charge >= 0.3 is 0 Å². The molecule has 0 radical (unpaired) electrons. The zero-order valence-electron chi connectivity index (χ0n) is 20.5. The first kappa shape index (κ1) is 30.8. The van der Waals surface area contributed by atoms with Gasteiger partial charge in [-0.15, -0.1) is 11.8 Å². The highest BCUT2D eigenvalue weighted by atomic mass is 32.2. The summed E-state index contributed by atoms with van der Waals surface area (Å²) >= 11 is 1.19. The van der Waals surface area contributed by atoms with E-state index in [1.165, 1.54) is 11.8 Å². The molecule has 8 N–H and O–H groups in total. The number of Topliss-reactive ketones (excluding diaryl/α,β-unsaturated/α-hetero) is 1. The van der Waals surface area contributed by atoms with Crippen molar-refractivity contribution in [1.29, 1.82) is 0 Å². The van der Waals surface area contributed by atoms with E-state index in [1.54, 1.807) is 0 Å². The van der Waals surface area contributed by atoms with Crippen LogP contribution in [-0.2, 0) is 19.0 Å². The van der Waals surface area contributed by atoms with E-state index in [1.807, 2.05) is 27.7 Å². The average Bonchev–Trinajstić information content (AvgIpc) is 2.81. The molecule has 0 aromatic rings. The SMILES string of the molecule is CC(C)N[C@H](CCSC1OC(CO)C(OC2OC(CO)C(O)C(O)C2O)C(O)C1O)C(=O)C(C)C. The maximum atomic E-state index is 12.5. The van der Waals surface area contributed by atoms with E-state index in [0.29, 0.717) is 12.2 Å². The normalized spacial score (nSPS) is 39.2. The molecule has 0 spiro atoms. The van der Waals surface area contributed by atoms with Gasteiger partial charge in [-0.05, 0) is 12.2 Å². The number of carbonyl (C=O) groups is 1. The number of hydrogen-bond donors (Lipinski definition) is 8. The molecule has 2 saturated heterocycles. The molecule has 0 aliphatic carbocycles. The Hall–Kier alpha value is -0.420. The van der Waals surface area contributed by atoms with Crippen LogP contribution in [0, 0.1) is 5.92 Å². The third-order valence-electron chi connectivity index (χ3n) is 6.10. The van der Waals surface area contributed by atoms with Gasteiger partial charge in [-0.3, -0.25) is 4.79 Å². The molecule has 2 rings (SSSR count). The number of ether oxygens (including phenoxy) is 3. The van der Waals surface area contributed by atoms with Gasteiger partial charge in [0.05, 0.1) is 19.3 Å². The van der Waals surface area contributed by atoms with Gasteiger partial charge in [0.2, 0.25) is 0 Å². The molecule has 0 amide bonds. The molecular weight excluding hydrogens is 486 g/mol. The monoisotopic (exact) mass is 527 g/mol. The predicted molar refractivity (Wildman–Crippen MR) is 125 cm³/mol. The minimum absolute atomic E-state index is 0.0747. The lowest BCUT2D eigenvalue weighted by atomic mass is 9.97. The van der Waals surface area contributed by atoms with Crippen LogP contribution in [-0.4, -0.2) is 133 Å². The van der Waals surface area contributed by atoms with Crippen molar-refractivity contribution in [1.82, 2.24) is 5.32 Å². The first-order chi connectivity index (χ1) is 16.4. The van der Waals surface area contributed by atoms with E-state index < -0.39 is 73.8 Å². The Labute approximate surface area is 209 Å². The molecule has 2 fully saturated rings. The molecule has 0 aromatic carbocycles. The predicted octanol–water partition coefficient (Wildman–Crippen LogP) is -2.67. The maximum Gasteiger partial charge on any atom is 0.187 e. The quantitative estimate of drug-likeness (QED) is 0.131. The zero-order valence-corrected chi connectivity index (χ0v) is 21.3. The Balaban J connectivity index is 2.01. The summed E-state index contributed by atoms with van der Waals surface area (Å²) in [6.45, 7) is 6.29. The lowest BCUT2D eigenvalue weighted by Gasteiger charge is -2.46. The van der Waals surface area contributed by atoms with Crippen molar-refractivity contribution in [2.24, 2.45) is 5.92 Å². The average molecular weight is 528 g/mol. The molecule has 12 nitrogen and oxygen atoms in total. The number of aliphatic hydroxyl groups excluding tert-OH is 7. The summed E-state index contributed by atoms with van der Waals surface area (Å²) in [5.41, 5.74) is -0.925. The van der Waals surface area contributed by atoms with Crippen molar-refractivity contribution in [3.05, 3.63) is 0 Å². The lowest BCUT2D eigenvalue weighted by molar-refractivity contribution is -0.338. The Morgan fingerprint density at radius 2 is 1.51 bits per heavy atom. The van der Waals surface area contributed by atoms with Crippen LogP contribution in [0.4, 0.5) is 0 Å². The molecule has 2 aliphatic rings. The van der Waals surface area contributed by atoms with Crippen molar-refractivity contribution in [2.75, 3.05) is 19.0 Å². The summed E-state index contributed by atoms with van der Waals surface area (Å²) in [5.74, 6) is 0.354. The van der Waals surface area contributed by atoms with Gasteiger partial charge in [0.25, 0.3) is 0 Å². The van der Waals surface area contributed by atoms with Gasteiger partial charge in [0.15, 0.2) is 12.1 Å².